The highest BCUT2D eigenvalue weighted by Gasteiger charge is 2.08. The van der Waals surface area contributed by atoms with Gasteiger partial charge in [-0.25, -0.2) is 4.98 Å². The van der Waals surface area contributed by atoms with E-state index in [1.165, 1.54) is 0 Å². The second-order valence-corrected chi connectivity index (χ2v) is 3.70. The van der Waals surface area contributed by atoms with Crippen LogP contribution in [-0.2, 0) is 7.05 Å². The number of H-pyrrole nitrogens is 1. The van der Waals surface area contributed by atoms with Crippen molar-refractivity contribution in [3.63, 3.8) is 0 Å². The van der Waals surface area contributed by atoms with Crippen LogP contribution in [-0.4, -0.2) is 19.7 Å². The Kier molecular flexibility index (Phi) is 1.73. The van der Waals surface area contributed by atoms with Crippen LogP contribution >= 0.6 is 0 Å². The predicted octanol–water partition coefficient (Wildman–Crippen LogP) is 1.55. The fourth-order valence-corrected chi connectivity index (χ4v) is 1.72. The van der Waals surface area contributed by atoms with Crippen molar-refractivity contribution in [3.05, 3.63) is 30.5 Å². The standard InChI is InChI=1S/C11H11N5/c1-16-6-5-9(15-16)11-13-8-4-2-3-7(12)10(8)14-11/h2-6H,12H2,1H3,(H,13,14). The number of rotatable bonds is 1. The molecule has 0 saturated carbocycles. The summed E-state index contributed by atoms with van der Waals surface area (Å²) in [5.74, 6) is 0.744. The average molecular weight is 213 g/mol. The van der Waals surface area contributed by atoms with Gasteiger partial charge in [0.25, 0.3) is 0 Å². The molecule has 0 amide bonds. The number of nitrogen functional groups attached to an aromatic ring is 1. The molecule has 2 heterocycles. The van der Waals surface area contributed by atoms with E-state index in [-0.39, 0.29) is 0 Å². The van der Waals surface area contributed by atoms with E-state index in [4.69, 9.17) is 5.73 Å². The highest BCUT2D eigenvalue weighted by Crippen LogP contribution is 2.22. The number of aromatic amines is 1. The van der Waals surface area contributed by atoms with Crippen LogP contribution in [0, 0.1) is 0 Å². The largest absolute Gasteiger partial charge is 0.397 e. The number of nitrogens with two attached hydrogens (primary N) is 1. The molecule has 2 aromatic heterocycles. The second kappa shape index (κ2) is 3.10. The number of aryl methyl sites for hydroxylation is 1. The van der Waals surface area contributed by atoms with Gasteiger partial charge in [-0.05, 0) is 18.2 Å². The van der Waals surface area contributed by atoms with Gasteiger partial charge in [-0.15, -0.1) is 0 Å². The fourth-order valence-electron chi connectivity index (χ4n) is 1.72. The van der Waals surface area contributed by atoms with Crippen molar-refractivity contribution in [2.24, 2.45) is 7.05 Å². The van der Waals surface area contributed by atoms with Crippen molar-refractivity contribution >= 4 is 16.7 Å². The molecular weight excluding hydrogens is 202 g/mol. The minimum Gasteiger partial charge on any atom is -0.397 e. The zero-order valence-electron chi connectivity index (χ0n) is 8.81. The number of hydrogen-bond donors (Lipinski definition) is 2. The Bertz CT molecular complexity index is 649. The number of hydrogen-bond acceptors (Lipinski definition) is 3. The van der Waals surface area contributed by atoms with E-state index in [0.717, 1.165) is 22.6 Å². The van der Waals surface area contributed by atoms with Gasteiger partial charge >= 0.3 is 0 Å². The van der Waals surface area contributed by atoms with Gasteiger partial charge in [0.2, 0.25) is 0 Å². The molecule has 0 fully saturated rings. The molecule has 0 aliphatic rings. The first-order valence-corrected chi connectivity index (χ1v) is 4.98. The smallest absolute Gasteiger partial charge is 0.159 e. The summed E-state index contributed by atoms with van der Waals surface area (Å²) in [4.78, 5) is 7.64. The van der Waals surface area contributed by atoms with Crippen molar-refractivity contribution in [1.29, 1.82) is 0 Å². The Hall–Kier alpha value is -2.30. The van der Waals surface area contributed by atoms with E-state index < -0.39 is 0 Å². The third-order valence-corrected chi connectivity index (χ3v) is 2.50. The van der Waals surface area contributed by atoms with Crippen LogP contribution in [0.1, 0.15) is 0 Å². The van der Waals surface area contributed by atoms with Crippen LogP contribution in [0.15, 0.2) is 30.5 Å². The van der Waals surface area contributed by atoms with Crippen molar-refractivity contribution in [2.45, 2.75) is 0 Å². The van der Waals surface area contributed by atoms with Gasteiger partial charge in [-0.1, -0.05) is 6.07 Å². The third kappa shape index (κ3) is 1.25. The van der Waals surface area contributed by atoms with E-state index >= 15 is 0 Å². The number of anilines is 1. The Morgan fingerprint density at radius 2 is 2.19 bits per heavy atom. The van der Waals surface area contributed by atoms with Crippen LogP contribution in [0.25, 0.3) is 22.6 Å². The minimum atomic E-state index is 0.677. The Morgan fingerprint density at radius 3 is 2.88 bits per heavy atom. The monoisotopic (exact) mass is 213 g/mol. The van der Waals surface area contributed by atoms with Gasteiger partial charge in [-0.2, -0.15) is 5.10 Å². The zero-order chi connectivity index (χ0) is 11.1. The number of para-hydroxylation sites is 1. The lowest BCUT2D eigenvalue weighted by atomic mass is 10.3. The van der Waals surface area contributed by atoms with E-state index in [9.17, 15) is 0 Å². The molecule has 1 aromatic carbocycles. The molecule has 80 valence electrons. The number of nitrogens with one attached hydrogen (secondary N) is 1. The van der Waals surface area contributed by atoms with Gasteiger partial charge in [0.05, 0.1) is 11.2 Å². The first-order chi connectivity index (χ1) is 7.74. The van der Waals surface area contributed by atoms with Crippen molar-refractivity contribution in [2.75, 3.05) is 5.73 Å². The summed E-state index contributed by atoms with van der Waals surface area (Å²) in [6.07, 6.45) is 1.88. The second-order valence-electron chi connectivity index (χ2n) is 3.70. The molecule has 0 aliphatic carbocycles. The van der Waals surface area contributed by atoms with Crippen LogP contribution in [0.2, 0.25) is 0 Å². The minimum absolute atomic E-state index is 0.677. The van der Waals surface area contributed by atoms with E-state index in [1.54, 1.807) is 4.68 Å². The van der Waals surface area contributed by atoms with Crippen LogP contribution in [0.5, 0.6) is 0 Å². The number of fused-ring (bicyclic) bond motifs is 1. The quantitative estimate of drug-likeness (QED) is 0.602. The SMILES string of the molecule is Cn1ccc(-c2nc3c(N)cccc3[nH]2)n1. The summed E-state index contributed by atoms with van der Waals surface area (Å²) >= 11 is 0. The molecule has 0 saturated heterocycles. The molecule has 3 rings (SSSR count). The van der Waals surface area contributed by atoms with Crippen LogP contribution < -0.4 is 5.73 Å². The maximum Gasteiger partial charge on any atom is 0.159 e. The van der Waals surface area contributed by atoms with Crippen LogP contribution in [0.3, 0.4) is 0 Å². The molecule has 0 atom stereocenters. The summed E-state index contributed by atoms with van der Waals surface area (Å²) in [5, 5.41) is 4.29. The summed E-state index contributed by atoms with van der Waals surface area (Å²) < 4.78 is 1.74. The molecular formula is C11H11N5. The average Bonchev–Trinajstić information content (AvgIpc) is 2.84. The Morgan fingerprint density at radius 1 is 1.31 bits per heavy atom. The molecule has 0 radical (unpaired) electrons. The molecule has 3 N–H and O–H groups in total. The molecule has 0 aliphatic heterocycles. The van der Waals surface area contributed by atoms with E-state index in [1.807, 2.05) is 37.5 Å². The van der Waals surface area contributed by atoms with Gasteiger partial charge in [0.1, 0.15) is 11.2 Å². The molecule has 5 heteroatoms. The van der Waals surface area contributed by atoms with E-state index in [2.05, 4.69) is 15.1 Å². The first-order valence-electron chi connectivity index (χ1n) is 4.98. The number of nitrogens with zero attached hydrogens (tertiary/aromatic N) is 3. The lowest BCUT2D eigenvalue weighted by molar-refractivity contribution is 0.769. The van der Waals surface area contributed by atoms with Gasteiger partial charge < -0.3 is 10.7 Å². The summed E-state index contributed by atoms with van der Waals surface area (Å²) in [7, 11) is 1.88. The third-order valence-electron chi connectivity index (χ3n) is 2.50. The number of benzene rings is 1. The van der Waals surface area contributed by atoms with Crippen molar-refractivity contribution < 1.29 is 0 Å². The summed E-state index contributed by atoms with van der Waals surface area (Å²) in [5.41, 5.74) is 9.06. The highest BCUT2D eigenvalue weighted by molar-refractivity contribution is 5.88. The number of aromatic nitrogens is 4. The van der Waals surface area contributed by atoms with Crippen LogP contribution in [0.4, 0.5) is 5.69 Å². The first kappa shape index (κ1) is 8.96. The normalized spacial score (nSPS) is 11.1. The fraction of sp³-hybridized carbons (Fsp3) is 0.0909. The molecule has 0 spiro atoms. The zero-order valence-corrected chi connectivity index (χ0v) is 8.81. The van der Waals surface area contributed by atoms with Gasteiger partial charge in [0.15, 0.2) is 5.82 Å². The maximum atomic E-state index is 5.84. The molecule has 0 unspecified atom stereocenters. The van der Waals surface area contributed by atoms with Gasteiger partial charge in [0, 0.05) is 13.2 Å². The van der Waals surface area contributed by atoms with E-state index in [0.29, 0.717) is 5.69 Å². The Labute approximate surface area is 91.9 Å². The molecule has 3 aromatic rings. The topological polar surface area (TPSA) is 72.5 Å². The predicted molar refractivity (Wildman–Crippen MR) is 62.7 cm³/mol. The molecule has 0 bridgehead atoms. The summed E-state index contributed by atoms with van der Waals surface area (Å²) in [6, 6.07) is 7.60. The number of imidazole rings is 1. The lowest BCUT2D eigenvalue weighted by Crippen LogP contribution is -1.88. The lowest BCUT2D eigenvalue weighted by Gasteiger charge is -1.90. The maximum absolute atomic E-state index is 5.84. The van der Waals surface area contributed by atoms with Crippen molar-refractivity contribution in [3.8, 4) is 11.5 Å². The molecule has 16 heavy (non-hydrogen) atoms. The Balaban J connectivity index is 2.22. The summed E-state index contributed by atoms with van der Waals surface area (Å²) in [6.45, 7) is 0. The van der Waals surface area contributed by atoms with Crippen molar-refractivity contribution in [1.82, 2.24) is 19.7 Å². The van der Waals surface area contributed by atoms with Gasteiger partial charge in [-0.3, -0.25) is 4.68 Å². The highest BCUT2D eigenvalue weighted by atomic mass is 15.3. The molecule has 5 nitrogen and oxygen atoms in total.